The minimum Gasteiger partial charge on any atom is -0.496 e. The number of nitrogens with two attached hydrogens (primary N) is 1. The van der Waals surface area contributed by atoms with Crippen LogP contribution in [0.1, 0.15) is 96.6 Å². The Morgan fingerprint density at radius 1 is 0.966 bits per heavy atom. The summed E-state index contributed by atoms with van der Waals surface area (Å²) in [7, 11) is 1.66. The number of alkyl carbamates (subject to hydrolysis) is 1. The molecule has 3 aromatic rings. The molecule has 1 aliphatic heterocycles. The van der Waals surface area contributed by atoms with Crippen LogP contribution in [-0.4, -0.2) is 123 Å². The average Bonchev–Trinajstić information content (AvgIpc) is 3.57. The number of methoxy groups -OCH3 is 1. The molecule has 3 amide bonds. The second-order valence-corrected chi connectivity index (χ2v) is 15.8. The molecule has 320 valence electrons. The van der Waals surface area contributed by atoms with E-state index < -0.39 is 23.7 Å². The van der Waals surface area contributed by atoms with Gasteiger partial charge in [0.05, 0.1) is 31.8 Å². The van der Waals surface area contributed by atoms with Crippen LogP contribution in [0, 0.1) is 0 Å². The number of fused-ring (bicyclic) bond motifs is 1. The van der Waals surface area contributed by atoms with Gasteiger partial charge in [0.25, 0.3) is 0 Å². The normalized spacial score (nSPS) is 14.5. The van der Waals surface area contributed by atoms with Crippen molar-refractivity contribution in [3.8, 4) is 5.75 Å². The Morgan fingerprint density at radius 2 is 1.72 bits per heavy atom. The van der Waals surface area contributed by atoms with Gasteiger partial charge in [-0.15, -0.1) is 0 Å². The van der Waals surface area contributed by atoms with Crippen molar-refractivity contribution in [1.29, 1.82) is 0 Å². The molecule has 3 heterocycles. The number of aliphatic carboxylic acids is 1. The number of hydrogen-bond acceptors (Lipinski definition) is 12. The number of aromatic nitrogens is 3. The van der Waals surface area contributed by atoms with Gasteiger partial charge in [0.2, 0.25) is 17.8 Å². The van der Waals surface area contributed by atoms with Crippen LogP contribution < -0.4 is 26.4 Å². The summed E-state index contributed by atoms with van der Waals surface area (Å²) in [5, 5.41) is 28.0. The van der Waals surface area contributed by atoms with E-state index in [0.29, 0.717) is 63.3 Å². The Hall–Kier alpha value is -5.16. The number of piperazine rings is 1. The number of nitrogen functional groups attached to an aromatic ring is 1. The summed E-state index contributed by atoms with van der Waals surface area (Å²) in [5.74, 6) is 0.239. The van der Waals surface area contributed by atoms with Gasteiger partial charge in [-0.1, -0.05) is 25.8 Å². The molecule has 4 rings (SSSR count). The first kappa shape index (κ1) is 45.5. The molecule has 58 heavy (non-hydrogen) atoms. The number of carboxylic acids is 1. The zero-order valence-electron chi connectivity index (χ0n) is 34.7. The molecule has 1 fully saturated rings. The molecule has 2 unspecified atom stereocenters. The highest BCUT2D eigenvalue weighted by atomic mass is 16.6. The fourth-order valence-corrected chi connectivity index (χ4v) is 6.92. The van der Waals surface area contributed by atoms with E-state index >= 15 is 0 Å². The van der Waals surface area contributed by atoms with Crippen molar-refractivity contribution in [2.24, 2.45) is 0 Å². The lowest BCUT2D eigenvalue weighted by atomic mass is 10.1. The number of amides is 3. The smallest absolute Gasteiger partial charge is 0.408 e. The Kier molecular flexibility index (Phi) is 17.4. The van der Waals surface area contributed by atoms with Crippen LogP contribution in [0.3, 0.4) is 0 Å². The number of rotatable bonds is 22. The van der Waals surface area contributed by atoms with Gasteiger partial charge in [-0.25, -0.2) is 14.6 Å². The number of hydrogen-bond donors (Lipinski definition) is 6. The predicted octanol–water partition coefficient (Wildman–Crippen LogP) is 4.11. The number of carbonyl (C=O) groups is 4. The van der Waals surface area contributed by atoms with Crippen LogP contribution in [-0.2, 0) is 32.2 Å². The molecule has 1 saturated heterocycles. The molecule has 0 spiro atoms. The highest BCUT2D eigenvalue weighted by molar-refractivity contribution is 5.88. The third-order valence-electron chi connectivity index (χ3n) is 9.94. The van der Waals surface area contributed by atoms with E-state index in [-0.39, 0.29) is 49.7 Å². The summed E-state index contributed by atoms with van der Waals surface area (Å²) >= 11 is 0. The van der Waals surface area contributed by atoms with E-state index in [1.165, 1.54) is 0 Å². The number of nitrogens with one attached hydrogen (secondary N) is 3. The minimum absolute atomic E-state index is 0.0214. The number of nitrogens with zero attached hydrogens (tertiary/aromatic N) is 5. The highest BCUT2D eigenvalue weighted by Gasteiger charge is 2.25. The van der Waals surface area contributed by atoms with Crippen molar-refractivity contribution in [3.63, 3.8) is 0 Å². The number of carboxylic acid groups (broad SMARTS) is 1. The quantitative estimate of drug-likeness (QED) is 0.0787. The van der Waals surface area contributed by atoms with Crippen LogP contribution in [0.5, 0.6) is 5.75 Å². The maximum atomic E-state index is 13.0. The van der Waals surface area contributed by atoms with Crippen molar-refractivity contribution in [3.05, 3.63) is 41.6 Å². The first-order valence-electron chi connectivity index (χ1n) is 20.3. The van der Waals surface area contributed by atoms with E-state index in [1.54, 1.807) is 27.9 Å². The molecule has 0 radical (unpaired) electrons. The molecule has 0 bridgehead atoms. The first-order valence-corrected chi connectivity index (χ1v) is 20.3. The molecule has 0 saturated carbocycles. The first-order chi connectivity index (χ1) is 27.7. The van der Waals surface area contributed by atoms with Crippen molar-refractivity contribution in [1.82, 2.24) is 35.0 Å². The fourth-order valence-electron chi connectivity index (χ4n) is 6.92. The van der Waals surface area contributed by atoms with Gasteiger partial charge in [-0.2, -0.15) is 4.98 Å². The van der Waals surface area contributed by atoms with Crippen LogP contribution >= 0.6 is 0 Å². The number of benzene rings is 1. The lowest BCUT2D eigenvalue weighted by Crippen LogP contribution is -2.48. The van der Waals surface area contributed by atoms with Crippen molar-refractivity contribution < 1.29 is 38.9 Å². The Morgan fingerprint density at radius 3 is 2.40 bits per heavy atom. The molecule has 2 atom stereocenters. The largest absolute Gasteiger partial charge is 0.496 e. The highest BCUT2D eigenvalue weighted by Crippen LogP contribution is 2.28. The summed E-state index contributed by atoms with van der Waals surface area (Å²) in [4.78, 5) is 62.0. The Balaban J connectivity index is 1.20. The van der Waals surface area contributed by atoms with Crippen molar-refractivity contribution >= 4 is 46.7 Å². The van der Waals surface area contributed by atoms with Gasteiger partial charge < -0.3 is 50.8 Å². The second kappa shape index (κ2) is 22.1. The molecule has 7 N–H and O–H groups in total. The number of ether oxygens (including phenoxy) is 2. The molecule has 1 aliphatic rings. The Labute approximate surface area is 341 Å². The summed E-state index contributed by atoms with van der Waals surface area (Å²) in [6, 6.07) is 6.86. The van der Waals surface area contributed by atoms with Crippen LogP contribution in [0.15, 0.2) is 30.5 Å². The standard InChI is InChI=1S/C41H63N9O8/c1-6-7-11-30(27-51)44-37-36-31(45-39(42)47-37)17-19-50(36)26-29-24-28(15-16-33(29)57-5)25-48-20-22-49(23-21-48)35(53)14-10-13-34(52)43-18-9-8-12-32(38(54)55)46-40(56)58-41(2,3)4/h15-17,19,24,30,32,51H,6-14,18,20-23,25-27H2,1-5H3,(H,43,52)(H,46,56)(H,54,55)(H3,42,44,45,47). The monoisotopic (exact) mass is 809 g/mol. The van der Waals surface area contributed by atoms with E-state index in [2.05, 4.69) is 54.4 Å². The average molecular weight is 810 g/mol. The number of carbonyl (C=O) groups excluding carboxylic acids is 3. The van der Waals surface area contributed by atoms with Gasteiger partial charge in [0.1, 0.15) is 22.9 Å². The van der Waals surface area contributed by atoms with E-state index in [4.69, 9.17) is 15.2 Å². The Bertz CT molecular complexity index is 1820. The van der Waals surface area contributed by atoms with E-state index in [0.717, 1.165) is 54.7 Å². The van der Waals surface area contributed by atoms with Gasteiger partial charge in [0, 0.05) is 63.9 Å². The molecule has 2 aromatic heterocycles. The summed E-state index contributed by atoms with van der Waals surface area (Å²) in [6.07, 6.45) is 6.16. The minimum atomic E-state index is -1.15. The van der Waals surface area contributed by atoms with Crippen LogP contribution in [0.2, 0.25) is 0 Å². The van der Waals surface area contributed by atoms with Crippen LogP contribution in [0.4, 0.5) is 16.6 Å². The lowest BCUT2D eigenvalue weighted by Gasteiger charge is -2.35. The maximum Gasteiger partial charge on any atom is 0.408 e. The molecule has 17 nitrogen and oxygen atoms in total. The van der Waals surface area contributed by atoms with E-state index in [1.807, 2.05) is 23.2 Å². The summed E-state index contributed by atoms with van der Waals surface area (Å²) in [5.41, 5.74) is 8.94. The predicted molar refractivity (Wildman–Crippen MR) is 221 cm³/mol. The number of aliphatic hydroxyl groups excluding tert-OH is 1. The fraction of sp³-hybridized carbons (Fsp3) is 0.610. The third-order valence-corrected chi connectivity index (χ3v) is 9.94. The van der Waals surface area contributed by atoms with Gasteiger partial charge >= 0.3 is 12.1 Å². The number of aliphatic hydroxyl groups is 1. The van der Waals surface area contributed by atoms with Crippen LogP contribution in [0.25, 0.3) is 11.0 Å². The summed E-state index contributed by atoms with van der Waals surface area (Å²) in [6.45, 7) is 11.4. The number of anilines is 2. The topological polar surface area (TPSA) is 226 Å². The lowest BCUT2D eigenvalue weighted by molar-refractivity contribution is -0.139. The second-order valence-electron chi connectivity index (χ2n) is 15.8. The van der Waals surface area contributed by atoms with Crippen molar-refractivity contribution in [2.45, 2.75) is 116 Å². The maximum absolute atomic E-state index is 13.0. The SMILES string of the molecule is CCCCC(CO)Nc1nc(N)nc2ccn(Cc3cc(CN4CCN(C(=O)CCCC(=O)NCCCCC(NC(=O)OC(C)(C)C)C(=O)O)CC4)ccc3OC)c12. The zero-order valence-corrected chi connectivity index (χ0v) is 34.7. The zero-order chi connectivity index (χ0) is 42.2. The van der Waals surface area contributed by atoms with E-state index in [9.17, 15) is 29.4 Å². The molecule has 1 aromatic carbocycles. The summed E-state index contributed by atoms with van der Waals surface area (Å²) < 4.78 is 13.0. The number of unbranched alkanes of at least 4 members (excludes halogenated alkanes) is 2. The van der Waals surface area contributed by atoms with Gasteiger partial charge in [-0.3, -0.25) is 14.5 Å². The van der Waals surface area contributed by atoms with Gasteiger partial charge in [-0.05, 0) is 76.6 Å². The van der Waals surface area contributed by atoms with Gasteiger partial charge in [0.15, 0.2) is 5.82 Å². The molecule has 17 heteroatoms. The molecular weight excluding hydrogens is 747 g/mol. The molecule has 0 aliphatic carbocycles. The van der Waals surface area contributed by atoms with Crippen molar-refractivity contribution in [2.75, 3.05) is 57.5 Å². The molecular formula is C41H63N9O8. The third kappa shape index (κ3) is 14.3.